The second-order valence-electron chi connectivity index (χ2n) is 5.49. The maximum Gasteiger partial charge on any atom is 0.145 e. The highest BCUT2D eigenvalue weighted by atomic mass is 35.5. The summed E-state index contributed by atoms with van der Waals surface area (Å²) in [4.78, 5) is 0. The van der Waals surface area contributed by atoms with E-state index in [1.54, 1.807) is 18.2 Å². The number of aromatic nitrogens is 2. The molecule has 1 unspecified atom stereocenters. The van der Waals surface area contributed by atoms with Crippen LogP contribution in [0.3, 0.4) is 0 Å². The zero-order valence-electron chi connectivity index (χ0n) is 12.6. The van der Waals surface area contributed by atoms with Gasteiger partial charge in [-0.15, -0.1) is 0 Å². The molecule has 0 aliphatic rings. The molecule has 114 valence electrons. The van der Waals surface area contributed by atoms with Crippen molar-refractivity contribution in [3.05, 3.63) is 52.6 Å². The van der Waals surface area contributed by atoms with E-state index in [9.17, 15) is 4.39 Å². The lowest BCUT2D eigenvalue weighted by atomic mass is 10.0. The third kappa shape index (κ3) is 4.05. The van der Waals surface area contributed by atoms with Crippen LogP contribution in [0.25, 0.3) is 0 Å². The van der Waals surface area contributed by atoms with E-state index in [-0.39, 0.29) is 16.9 Å². The fourth-order valence-electron chi connectivity index (χ4n) is 2.27. The molecule has 3 nitrogen and oxygen atoms in total. The van der Waals surface area contributed by atoms with Gasteiger partial charge in [0.2, 0.25) is 0 Å². The van der Waals surface area contributed by atoms with Crippen molar-refractivity contribution >= 4 is 11.6 Å². The Balaban J connectivity index is 2.07. The molecule has 0 aliphatic heterocycles. The summed E-state index contributed by atoms with van der Waals surface area (Å²) in [5.74, 6) is -0.327. The Morgan fingerprint density at radius 3 is 2.67 bits per heavy atom. The Kier molecular flexibility index (Phi) is 5.37. The molecule has 5 heteroatoms. The van der Waals surface area contributed by atoms with Crippen LogP contribution in [0, 0.1) is 5.82 Å². The lowest BCUT2D eigenvalue weighted by molar-refractivity contribution is 0.502. The Morgan fingerprint density at radius 2 is 2.05 bits per heavy atom. The number of halogens is 2. The van der Waals surface area contributed by atoms with Crippen LogP contribution in [-0.4, -0.2) is 22.9 Å². The number of hydrogen-bond acceptors (Lipinski definition) is 2. The Morgan fingerprint density at radius 1 is 1.29 bits per heavy atom. The highest BCUT2D eigenvalue weighted by Gasteiger charge is 2.14. The van der Waals surface area contributed by atoms with E-state index in [4.69, 9.17) is 11.6 Å². The smallest absolute Gasteiger partial charge is 0.145 e. The molecule has 0 saturated heterocycles. The molecule has 0 spiro atoms. The van der Waals surface area contributed by atoms with Gasteiger partial charge in [0.1, 0.15) is 5.82 Å². The van der Waals surface area contributed by atoms with Crippen molar-refractivity contribution in [3.8, 4) is 0 Å². The number of hydrogen-bond donors (Lipinski definition) is 1. The van der Waals surface area contributed by atoms with Gasteiger partial charge in [-0.3, -0.25) is 4.68 Å². The molecule has 0 radical (unpaired) electrons. The molecule has 21 heavy (non-hydrogen) atoms. The molecule has 0 saturated carbocycles. The molecular formula is C16H21ClFN3. The monoisotopic (exact) mass is 309 g/mol. The molecule has 2 rings (SSSR count). The largest absolute Gasteiger partial charge is 0.316 e. The van der Waals surface area contributed by atoms with Crippen molar-refractivity contribution in [2.75, 3.05) is 7.05 Å². The highest BCUT2D eigenvalue weighted by Crippen LogP contribution is 2.19. The molecule has 0 aliphatic carbocycles. The van der Waals surface area contributed by atoms with Crippen molar-refractivity contribution in [2.24, 2.45) is 0 Å². The summed E-state index contributed by atoms with van der Waals surface area (Å²) < 4.78 is 15.9. The third-order valence-corrected chi connectivity index (χ3v) is 3.85. The summed E-state index contributed by atoms with van der Waals surface area (Å²) in [5.41, 5.74) is 1.63. The van der Waals surface area contributed by atoms with Crippen LogP contribution in [0.2, 0.25) is 5.02 Å². The van der Waals surface area contributed by atoms with E-state index in [0.29, 0.717) is 18.0 Å². The second-order valence-corrected chi connectivity index (χ2v) is 5.89. The quantitative estimate of drug-likeness (QED) is 0.883. The SMILES string of the molecule is CNC(Cc1ccn(C(C)C)n1)Cc1cccc(Cl)c1F. The standard InChI is InChI=1S/C16H21ClFN3/c1-11(2)21-8-7-13(20-21)10-14(19-3)9-12-5-4-6-15(17)16(12)18/h4-8,11,14,19H,9-10H2,1-3H3. The van der Waals surface area contributed by atoms with Crippen LogP contribution in [0.5, 0.6) is 0 Å². The van der Waals surface area contributed by atoms with Crippen molar-refractivity contribution in [2.45, 2.75) is 38.8 Å². The maximum absolute atomic E-state index is 14.0. The highest BCUT2D eigenvalue weighted by molar-refractivity contribution is 6.30. The van der Waals surface area contributed by atoms with Gasteiger partial charge in [-0.05, 0) is 45.0 Å². The zero-order chi connectivity index (χ0) is 15.4. The molecule has 1 N–H and O–H groups in total. The van der Waals surface area contributed by atoms with Gasteiger partial charge in [0.05, 0.1) is 10.7 Å². The summed E-state index contributed by atoms with van der Waals surface area (Å²) in [7, 11) is 1.88. The van der Waals surface area contributed by atoms with E-state index in [0.717, 1.165) is 12.1 Å². The minimum atomic E-state index is -0.327. The first-order valence-corrected chi connectivity index (χ1v) is 7.53. The summed E-state index contributed by atoms with van der Waals surface area (Å²) >= 11 is 5.83. The van der Waals surface area contributed by atoms with Crippen molar-refractivity contribution in [3.63, 3.8) is 0 Å². The lowest BCUT2D eigenvalue weighted by Crippen LogP contribution is -2.30. The van der Waals surface area contributed by atoms with Crippen molar-refractivity contribution in [1.29, 1.82) is 0 Å². The van der Waals surface area contributed by atoms with Crippen LogP contribution < -0.4 is 5.32 Å². The molecular weight excluding hydrogens is 289 g/mol. The first kappa shape index (κ1) is 16.0. The van der Waals surface area contributed by atoms with Crippen molar-refractivity contribution < 1.29 is 4.39 Å². The van der Waals surface area contributed by atoms with E-state index < -0.39 is 0 Å². The Labute approximate surface area is 130 Å². The fraction of sp³-hybridized carbons (Fsp3) is 0.438. The second kappa shape index (κ2) is 7.05. The summed E-state index contributed by atoms with van der Waals surface area (Å²) in [6.07, 6.45) is 3.31. The minimum absolute atomic E-state index is 0.119. The summed E-state index contributed by atoms with van der Waals surface area (Å²) in [5, 5.41) is 7.93. The summed E-state index contributed by atoms with van der Waals surface area (Å²) in [6.45, 7) is 4.18. The van der Waals surface area contributed by atoms with E-state index >= 15 is 0 Å². The van der Waals surface area contributed by atoms with Crippen LogP contribution >= 0.6 is 11.6 Å². The number of rotatable bonds is 6. The molecule has 0 fully saturated rings. The van der Waals surface area contributed by atoms with Crippen LogP contribution in [-0.2, 0) is 12.8 Å². The normalized spacial score (nSPS) is 12.9. The minimum Gasteiger partial charge on any atom is -0.316 e. The number of nitrogens with one attached hydrogen (secondary N) is 1. The zero-order valence-corrected chi connectivity index (χ0v) is 13.4. The van der Waals surface area contributed by atoms with Gasteiger partial charge in [-0.25, -0.2) is 4.39 Å². The van der Waals surface area contributed by atoms with E-state index in [1.807, 2.05) is 24.0 Å². The molecule has 1 aromatic heterocycles. The molecule has 2 aromatic rings. The molecule has 1 heterocycles. The Hall–Kier alpha value is -1.39. The van der Waals surface area contributed by atoms with Gasteiger partial charge >= 0.3 is 0 Å². The molecule has 0 amide bonds. The van der Waals surface area contributed by atoms with Crippen LogP contribution in [0.4, 0.5) is 4.39 Å². The topological polar surface area (TPSA) is 29.9 Å². The number of nitrogens with zero attached hydrogens (tertiary/aromatic N) is 2. The Bertz CT molecular complexity index is 595. The van der Waals surface area contributed by atoms with Gasteiger partial charge in [-0.2, -0.15) is 5.10 Å². The fourth-order valence-corrected chi connectivity index (χ4v) is 2.47. The van der Waals surface area contributed by atoms with E-state index in [2.05, 4.69) is 24.3 Å². The van der Waals surface area contributed by atoms with Gasteiger partial charge in [0, 0.05) is 24.7 Å². The van der Waals surface area contributed by atoms with Gasteiger partial charge < -0.3 is 5.32 Å². The number of likely N-dealkylation sites (N-methyl/N-ethyl adjacent to an activating group) is 1. The third-order valence-electron chi connectivity index (χ3n) is 3.55. The maximum atomic E-state index is 14.0. The van der Waals surface area contributed by atoms with Gasteiger partial charge in [-0.1, -0.05) is 23.7 Å². The average Bonchev–Trinajstić information content (AvgIpc) is 2.91. The first-order chi connectivity index (χ1) is 10.0. The van der Waals surface area contributed by atoms with Crippen LogP contribution in [0.15, 0.2) is 30.5 Å². The average molecular weight is 310 g/mol. The molecule has 1 aromatic carbocycles. The van der Waals surface area contributed by atoms with E-state index in [1.165, 1.54) is 0 Å². The molecule has 1 atom stereocenters. The molecule has 0 bridgehead atoms. The lowest BCUT2D eigenvalue weighted by Gasteiger charge is -2.16. The predicted octanol–water partition coefficient (Wildman–Crippen LogP) is 3.63. The first-order valence-electron chi connectivity index (χ1n) is 7.15. The van der Waals surface area contributed by atoms with Gasteiger partial charge in [0.25, 0.3) is 0 Å². The summed E-state index contributed by atoms with van der Waals surface area (Å²) in [6, 6.07) is 7.60. The number of benzene rings is 1. The van der Waals surface area contributed by atoms with Crippen LogP contribution in [0.1, 0.15) is 31.1 Å². The van der Waals surface area contributed by atoms with Gasteiger partial charge in [0.15, 0.2) is 0 Å². The predicted molar refractivity (Wildman–Crippen MR) is 84.3 cm³/mol. The van der Waals surface area contributed by atoms with Crippen molar-refractivity contribution in [1.82, 2.24) is 15.1 Å².